The highest BCUT2D eigenvalue weighted by molar-refractivity contribution is 6.40. The number of aliphatic imine (C=N–C) groups is 1. The third-order valence-electron chi connectivity index (χ3n) is 5.04. The SMILES string of the molecule is O=C(Nc1ccc(Cl)cc1)C1CCCN(C(=O)C2=Nc3ccccc3C2)C1. The van der Waals surface area contributed by atoms with Crippen molar-refractivity contribution in [1.82, 2.24) is 4.90 Å². The molecule has 138 valence electrons. The fourth-order valence-electron chi connectivity index (χ4n) is 3.59. The summed E-state index contributed by atoms with van der Waals surface area (Å²) in [5.74, 6) is -0.343. The van der Waals surface area contributed by atoms with E-state index in [-0.39, 0.29) is 17.7 Å². The molecule has 1 unspecified atom stereocenters. The van der Waals surface area contributed by atoms with Crippen molar-refractivity contribution in [3.8, 4) is 0 Å². The Labute approximate surface area is 163 Å². The van der Waals surface area contributed by atoms with E-state index >= 15 is 0 Å². The summed E-state index contributed by atoms with van der Waals surface area (Å²) >= 11 is 5.88. The average molecular weight is 382 g/mol. The standard InChI is InChI=1S/C21H20ClN3O2/c22-16-7-9-17(10-8-16)23-20(26)15-5-3-11-25(13-15)21(27)19-12-14-4-1-2-6-18(14)24-19/h1-2,4,6-10,15H,3,5,11-13H2,(H,23,26). The smallest absolute Gasteiger partial charge is 0.268 e. The predicted molar refractivity (Wildman–Crippen MR) is 107 cm³/mol. The minimum Gasteiger partial charge on any atom is -0.337 e. The van der Waals surface area contributed by atoms with E-state index in [1.807, 2.05) is 24.3 Å². The maximum atomic E-state index is 12.9. The second-order valence-corrected chi connectivity index (χ2v) is 7.39. The van der Waals surface area contributed by atoms with Crippen LogP contribution < -0.4 is 5.32 Å². The van der Waals surface area contributed by atoms with Crippen molar-refractivity contribution < 1.29 is 9.59 Å². The molecule has 4 rings (SSSR count). The Hall–Kier alpha value is -2.66. The van der Waals surface area contributed by atoms with Crippen molar-refractivity contribution in [2.75, 3.05) is 18.4 Å². The highest BCUT2D eigenvalue weighted by atomic mass is 35.5. The highest BCUT2D eigenvalue weighted by Crippen LogP contribution is 2.27. The van der Waals surface area contributed by atoms with E-state index in [0.29, 0.717) is 35.9 Å². The van der Waals surface area contributed by atoms with Crippen molar-refractivity contribution in [1.29, 1.82) is 0 Å². The van der Waals surface area contributed by atoms with Crippen LogP contribution in [0.4, 0.5) is 11.4 Å². The Kier molecular flexibility index (Phi) is 4.94. The summed E-state index contributed by atoms with van der Waals surface area (Å²) in [6.45, 7) is 1.09. The second-order valence-electron chi connectivity index (χ2n) is 6.95. The summed E-state index contributed by atoms with van der Waals surface area (Å²) < 4.78 is 0. The minimum absolute atomic E-state index is 0.0600. The molecule has 1 saturated heterocycles. The van der Waals surface area contributed by atoms with Crippen LogP contribution in [-0.4, -0.2) is 35.5 Å². The summed E-state index contributed by atoms with van der Waals surface area (Å²) in [5.41, 5.74) is 3.23. The van der Waals surface area contributed by atoms with Crippen LogP contribution in [-0.2, 0) is 16.0 Å². The lowest BCUT2D eigenvalue weighted by Crippen LogP contribution is -2.46. The van der Waals surface area contributed by atoms with E-state index in [1.54, 1.807) is 29.2 Å². The number of carbonyl (C=O) groups is 2. The molecule has 0 aliphatic carbocycles. The summed E-state index contributed by atoms with van der Waals surface area (Å²) in [6.07, 6.45) is 2.15. The largest absolute Gasteiger partial charge is 0.337 e. The zero-order valence-electron chi connectivity index (χ0n) is 14.8. The topological polar surface area (TPSA) is 61.8 Å². The van der Waals surface area contributed by atoms with Crippen LogP contribution in [0.1, 0.15) is 18.4 Å². The number of carbonyl (C=O) groups excluding carboxylic acids is 2. The fourth-order valence-corrected chi connectivity index (χ4v) is 3.72. The molecule has 0 spiro atoms. The van der Waals surface area contributed by atoms with Crippen molar-refractivity contribution in [2.24, 2.45) is 10.9 Å². The lowest BCUT2D eigenvalue weighted by Gasteiger charge is -2.32. The zero-order valence-corrected chi connectivity index (χ0v) is 15.6. The van der Waals surface area contributed by atoms with Crippen LogP contribution in [0.2, 0.25) is 5.02 Å². The van der Waals surface area contributed by atoms with Gasteiger partial charge in [0.25, 0.3) is 5.91 Å². The van der Waals surface area contributed by atoms with Gasteiger partial charge in [-0.25, -0.2) is 4.99 Å². The van der Waals surface area contributed by atoms with Crippen molar-refractivity contribution in [3.63, 3.8) is 0 Å². The monoisotopic (exact) mass is 381 g/mol. The number of rotatable bonds is 3. The number of nitrogens with one attached hydrogen (secondary N) is 1. The maximum Gasteiger partial charge on any atom is 0.268 e. The summed E-state index contributed by atoms with van der Waals surface area (Å²) in [4.78, 5) is 31.7. The number of amides is 2. The van der Waals surface area contributed by atoms with Gasteiger partial charge in [-0.15, -0.1) is 0 Å². The van der Waals surface area contributed by atoms with Gasteiger partial charge in [-0.1, -0.05) is 29.8 Å². The lowest BCUT2D eigenvalue weighted by molar-refractivity contribution is -0.128. The molecule has 0 aromatic heterocycles. The molecular formula is C21H20ClN3O2. The van der Waals surface area contributed by atoms with Crippen LogP contribution in [0.5, 0.6) is 0 Å². The van der Waals surface area contributed by atoms with E-state index in [9.17, 15) is 9.59 Å². The number of likely N-dealkylation sites (tertiary alicyclic amines) is 1. The van der Waals surface area contributed by atoms with E-state index in [2.05, 4.69) is 10.3 Å². The molecular weight excluding hydrogens is 362 g/mol. The Morgan fingerprint density at radius 1 is 1.11 bits per heavy atom. The Balaban J connectivity index is 1.40. The van der Waals surface area contributed by atoms with Gasteiger partial charge >= 0.3 is 0 Å². The first-order chi connectivity index (χ1) is 13.1. The maximum absolute atomic E-state index is 12.9. The number of benzene rings is 2. The summed E-state index contributed by atoms with van der Waals surface area (Å²) in [7, 11) is 0. The number of para-hydroxylation sites is 1. The number of hydrogen-bond acceptors (Lipinski definition) is 3. The summed E-state index contributed by atoms with van der Waals surface area (Å²) in [6, 6.07) is 14.8. The molecule has 0 saturated carbocycles. The lowest BCUT2D eigenvalue weighted by atomic mass is 9.96. The first-order valence-electron chi connectivity index (χ1n) is 9.11. The van der Waals surface area contributed by atoms with Crippen LogP contribution >= 0.6 is 11.6 Å². The first-order valence-corrected chi connectivity index (χ1v) is 9.49. The Bertz CT molecular complexity index is 908. The molecule has 5 nitrogen and oxygen atoms in total. The zero-order chi connectivity index (χ0) is 18.8. The number of piperidine rings is 1. The van der Waals surface area contributed by atoms with Gasteiger partial charge in [0.2, 0.25) is 5.91 Å². The Morgan fingerprint density at radius 3 is 2.67 bits per heavy atom. The van der Waals surface area contributed by atoms with Gasteiger partial charge in [-0.3, -0.25) is 9.59 Å². The molecule has 0 bridgehead atoms. The first kappa shape index (κ1) is 17.7. The second kappa shape index (κ2) is 7.53. The normalized spacial score (nSPS) is 18.6. The molecule has 2 aliphatic rings. The number of fused-ring (bicyclic) bond motifs is 1. The third kappa shape index (κ3) is 3.88. The van der Waals surface area contributed by atoms with E-state index in [1.165, 1.54) is 0 Å². The van der Waals surface area contributed by atoms with Crippen LogP contribution in [0.3, 0.4) is 0 Å². The minimum atomic E-state index is -0.220. The molecule has 2 heterocycles. The highest BCUT2D eigenvalue weighted by Gasteiger charge is 2.31. The Morgan fingerprint density at radius 2 is 1.89 bits per heavy atom. The molecule has 2 aliphatic heterocycles. The number of anilines is 1. The van der Waals surface area contributed by atoms with Gasteiger partial charge < -0.3 is 10.2 Å². The average Bonchev–Trinajstić information content (AvgIpc) is 3.13. The van der Waals surface area contributed by atoms with Gasteiger partial charge in [-0.2, -0.15) is 0 Å². The van der Waals surface area contributed by atoms with Gasteiger partial charge in [0.1, 0.15) is 5.71 Å². The molecule has 1 fully saturated rings. The molecule has 2 aromatic carbocycles. The number of halogens is 1. The molecule has 1 atom stereocenters. The van der Waals surface area contributed by atoms with Crippen molar-refractivity contribution in [3.05, 3.63) is 59.1 Å². The van der Waals surface area contributed by atoms with Crippen LogP contribution in [0, 0.1) is 5.92 Å². The molecule has 0 radical (unpaired) electrons. The molecule has 2 aromatic rings. The number of nitrogens with zero attached hydrogens (tertiary/aromatic N) is 2. The molecule has 2 amide bonds. The van der Waals surface area contributed by atoms with Crippen molar-refractivity contribution >= 4 is 40.5 Å². The van der Waals surface area contributed by atoms with Gasteiger partial charge in [-0.05, 0) is 48.7 Å². The van der Waals surface area contributed by atoms with Gasteiger partial charge in [0, 0.05) is 30.2 Å². The van der Waals surface area contributed by atoms with Crippen molar-refractivity contribution in [2.45, 2.75) is 19.3 Å². The number of hydrogen-bond donors (Lipinski definition) is 1. The summed E-state index contributed by atoms with van der Waals surface area (Å²) in [5, 5.41) is 3.54. The predicted octanol–water partition coefficient (Wildman–Crippen LogP) is 3.85. The van der Waals surface area contributed by atoms with Crippen LogP contribution in [0.15, 0.2) is 53.5 Å². The quantitative estimate of drug-likeness (QED) is 0.877. The third-order valence-corrected chi connectivity index (χ3v) is 5.29. The van der Waals surface area contributed by atoms with E-state index < -0.39 is 0 Å². The van der Waals surface area contributed by atoms with Gasteiger partial charge in [0.15, 0.2) is 0 Å². The fraction of sp³-hybridized carbons (Fsp3) is 0.286. The van der Waals surface area contributed by atoms with E-state index in [0.717, 1.165) is 24.1 Å². The van der Waals surface area contributed by atoms with E-state index in [4.69, 9.17) is 11.6 Å². The molecule has 1 N–H and O–H groups in total. The van der Waals surface area contributed by atoms with Crippen LogP contribution in [0.25, 0.3) is 0 Å². The molecule has 6 heteroatoms. The van der Waals surface area contributed by atoms with Gasteiger partial charge in [0.05, 0.1) is 11.6 Å². The molecule has 27 heavy (non-hydrogen) atoms.